The van der Waals surface area contributed by atoms with Crippen LogP contribution in [0.5, 0.6) is 0 Å². The van der Waals surface area contributed by atoms with Gasteiger partial charge in [-0.05, 0) is 25.8 Å². The maximum absolute atomic E-state index is 11.1. The molecule has 1 aromatic rings. The molecule has 1 N–H and O–H groups in total. The zero-order valence-electron chi connectivity index (χ0n) is 9.84. The van der Waals surface area contributed by atoms with Gasteiger partial charge >= 0.3 is 0 Å². The smallest absolute Gasteiger partial charge is 0.238 e. The van der Waals surface area contributed by atoms with Crippen LogP contribution in [-0.2, 0) is 0 Å². The Morgan fingerprint density at radius 2 is 2.18 bits per heavy atom. The highest BCUT2D eigenvalue weighted by molar-refractivity contribution is 5.17. The second-order valence-electron chi connectivity index (χ2n) is 4.58. The fraction of sp³-hybridized carbons (Fsp3) is 0.538. The van der Waals surface area contributed by atoms with Crippen LogP contribution in [0.4, 0.5) is 0 Å². The number of benzene rings is 1. The number of hydrogen-bond donors (Lipinski definition) is 1. The molecular formula is C13H18N2O2. The molecule has 0 aromatic heterocycles. The molecule has 92 valence electrons. The summed E-state index contributed by atoms with van der Waals surface area (Å²) < 4.78 is 0. The lowest BCUT2D eigenvalue weighted by Crippen LogP contribution is -2.23. The maximum atomic E-state index is 11.1. The van der Waals surface area contributed by atoms with Crippen LogP contribution in [0.3, 0.4) is 0 Å². The molecule has 1 aliphatic heterocycles. The standard InChI is InChI=1S/C13H18N2O2/c16-15(17)13(11-5-2-1-3-6-11)9-8-12-7-4-10-14-12/h1-3,5-6,12-14H,4,7-10H2/t12-,13+/m0/s1. The van der Waals surface area contributed by atoms with Gasteiger partial charge in [0.25, 0.3) is 0 Å². The summed E-state index contributed by atoms with van der Waals surface area (Å²) in [4.78, 5) is 10.9. The van der Waals surface area contributed by atoms with Crippen LogP contribution < -0.4 is 5.32 Å². The molecular weight excluding hydrogens is 216 g/mol. The Balaban J connectivity index is 1.95. The first kappa shape index (κ1) is 12.0. The summed E-state index contributed by atoms with van der Waals surface area (Å²) in [6.45, 7) is 1.05. The van der Waals surface area contributed by atoms with Crippen LogP contribution in [0.25, 0.3) is 0 Å². The Morgan fingerprint density at radius 3 is 2.76 bits per heavy atom. The summed E-state index contributed by atoms with van der Waals surface area (Å²) in [5.41, 5.74) is 0.815. The molecule has 1 aliphatic rings. The Labute approximate surface area is 101 Å². The monoisotopic (exact) mass is 234 g/mol. The van der Waals surface area contributed by atoms with Gasteiger partial charge in [0.2, 0.25) is 6.04 Å². The van der Waals surface area contributed by atoms with E-state index in [1.165, 1.54) is 6.42 Å². The predicted octanol–water partition coefficient (Wildman–Crippen LogP) is 2.54. The van der Waals surface area contributed by atoms with Crippen LogP contribution in [0.15, 0.2) is 30.3 Å². The van der Waals surface area contributed by atoms with Gasteiger partial charge in [0.05, 0.1) is 0 Å². The molecule has 0 radical (unpaired) electrons. The fourth-order valence-corrected chi connectivity index (χ4v) is 2.43. The maximum Gasteiger partial charge on any atom is 0.238 e. The zero-order chi connectivity index (χ0) is 12.1. The van der Waals surface area contributed by atoms with E-state index in [0.29, 0.717) is 12.5 Å². The van der Waals surface area contributed by atoms with Gasteiger partial charge < -0.3 is 5.32 Å². The van der Waals surface area contributed by atoms with Crippen molar-refractivity contribution < 1.29 is 4.92 Å². The molecule has 17 heavy (non-hydrogen) atoms. The Morgan fingerprint density at radius 1 is 1.41 bits per heavy atom. The highest BCUT2D eigenvalue weighted by Crippen LogP contribution is 2.24. The van der Waals surface area contributed by atoms with Crippen molar-refractivity contribution in [1.82, 2.24) is 5.32 Å². The molecule has 4 nitrogen and oxygen atoms in total. The van der Waals surface area contributed by atoms with Gasteiger partial charge in [-0.25, -0.2) is 0 Å². The highest BCUT2D eigenvalue weighted by atomic mass is 16.6. The van der Waals surface area contributed by atoms with E-state index in [4.69, 9.17) is 0 Å². The molecule has 0 aliphatic carbocycles. The van der Waals surface area contributed by atoms with Crippen molar-refractivity contribution in [2.45, 2.75) is 37.8 Å². The number of hydrogen-bond acceptors (Lipinski definition) is 3. The molecule has 0 bridgehead atoms. The molecule has 0 saturated carbocycles. The van der Waals surface area contributed by atoms with Crippen LogP contribution in [0, 0.1) is 10.1 Å². The average Bonchev–Trinajstić information content (AvgIpc) is 2.83. The predicted molar refractivity (Wildman–Crippen MR) is 66.4 cm³/mol. The lowest BCUT2D eigenvalue weighted by Gasteiger charge is -2.13. The van der Waals surface area contributed by atoms with Crippen molar-refractivity contribution in [2.24, 2.45) is 0 Å². The number of rotatable bonds is 5. The Hall–Kier alpha value is -1.42. The van der Waals surface area contributed by atoms with E-state index in [2.05, 4.69) is 5.32 Å². The molecule has 1 aromatic carbocycles. The molecule has 4 heteroatoms. The molecule has 0 unspecified atom stereocenters. The van der Waals surface area contributed by atoms with Gasteiger partial charge in [0.15, 0.2) is 0 Å². The van der Waals surface area contributed by atoms with E-state index in [9.17, 15) is 10.1 Å². The van der Waals surface area contributed by atoms with Gasteiger partial charge in [-0.1, -0.05) is 30.3 Å². The van der Waals surface area contributed by atoms with Gasteiger partial charge in [0, 0.05) is 22.9 Å². The van der Waals surface area contributed by atoms with Crippen molar-refractivity contribution in [3.63, 3.8) is 0 Å². The quantitative estimate of drug-likeness (QED) is 0.629. The minimum Gasteiger partial charge on any atom is -0.314 e. The van der Waals surface area contributed by atoms with Crippen molar-refractivity contribution in [3.05, 3.63) is 46.0 Å². The van der Waals surface area contributed by atoms with Crippen molar-refractivity contribution in [1.29, 1.82) is 0 Å². The Bertz CT molecular complexity index is 361. The summed E-state index contributed by atoms with van der Waals surface area (Å²) >= 11 is 0. The van der Waals surface area contributed by atoms with Crippen molar-refractivity contribution in [3.8, 4) is 0 Å². The van der Waals surface area contributed by atoms with Gasteiger partial charge in [0.1, 0.15) is 0 Å². The molecule has 1 fully saturated rings. The first-order valence-electron chi connectivity index (χ1n) is 6.19. The van der Waals surface area contributed by atoms with E-state index in [1.807, 2.05) is 30.3 Å². The molecule has 2 atom stereocenters. The second-order valence-corrected chi connectivity index (χ2v) is 4.58. The minimum absolute atomic E-state index is 0.162. The fourth-order valence-electron chi connectivity index (χ4n) is 2.43. The molecule has 0 spiro atoms. The van der Waals surface area contributed by atoms with E-state index < -0.39 is 6.04 Å². The minimum atomic E-state index is -0.557. The molecule has 0 amide bonds. The summed E-state index contributed by atoms with van der Waals surface area (Å²) in [7, 11) is 0. The van der Waals surface area contributed by atoms with Crippen LogP contribution in [0.1, 0.15) is 37.3 Å². The van der Waals surface area contributed by atoms with Gasteiger partial charge in [-0.15, -0.1) is 0 Å². The SMILES string of the molecule is O=[N+]([O-])[C@H](CC[C@@H]1CCCN1)c1ccccc1. The molecule has 1 heterocycles. The average molecular weight is 234 g/mol. The van der Waals surface area contributed by atoms with Crippen molar-refractivity contribution >= 4 is 0 Å². The highest BCUT2D eigenvalue weighted by Gasteiger charge is 2.24. The third kappa shape index (κ3) is 3.27. The third-order valence-electron chi connectivity index (χ3n) is 3.39. The Kier molecular flexibility index (Phi) is 4.09. The number of nitrogens with zero attached hydrogens (tertiary/aromatic N) is 1. The first-order valence-corrected chi connectivity index (χ1v) is 6.19. The van der Waals surface area contributed by atoms with Crippen LogP contribution in [-0.4, -0.2) is 17.5 Å². The van der Waals surface area contributed by atoms with E-state index in [1.54, 1.807) is 0 Å². The zero-order valence-corrected chi connectivity index (χ0v) is 9.84. The number of nitro groups is 1. The van der Waals surface area contributed by atoms with Gasteiger partial charge in [-0.2, -0.15) is 0 Å². The first-order chi connectivity index (χ1) is 8.27. The third-order valence-corrected chi connectivity index (χ3v) is 3.39. The van der Waals surface area contributed by atoms with E-state index in [-0.39, 0.29) is 4.92 Å². The largest absolute Gasteiger partial charge is 0.314 e. The second kappa shape index (κ2) is 5.77. The molecule has 1 saturated heterocycles. The topological polar surface area (TPSA) is 55.2 Å². The summed E-state index contributed by atoms with van der Waals surface area (Å²) in [6.07, 6.45) is 3.85. The summed E-state index contributed by atoms with van der Waals surface area (Å²) in [5, 5.41) is 14.5. The summed E-state index contributed by atoms with van der Waals surface area (Å²) in [6, 6.07) is 9.21. The lowest BCUT2D eigenvalue weighted by atomic mass is 9.99. The van der Waals surface area contributed by atoms with Crippen LogP contribution >= 0.6 is 0 Å². The van der Waals surface area contributed by atoms with Gasteiger partial charge in [-0.3, -0.25) is 10.1 Å². The normalized spacial score (nSPS) is 21.3. The molecule has 2 rings (SSSR count). The van der Waals surface area contributed by atoms with Crippen LogP contribution in [0.2, 0.25) is 0 Å². The summed E-state index contributed by atoms with van der Waals surface area (Å²) in [5.74, 6) is 0. The van der Waals surface area contributed by atoms with E-state index >= 15 is 0 Å². The van der Waals surface area contributed by atoms with E-state index in [0.717, 1.165) is 24.9 Å². The number of nitrogens with one attached hydrogen (secondary N) is 1. The van der Waals surface area contributed by atoms with Crippen molar-refractivity contribution in [2.75, 3.05) is 6.54 Å². The lowest BCUT2D eigenvalue weighted by molar-refractivity contribution is -0.530.